The molecule has 3 rings (SSSR count). The van der Waals surface area contributed by atoms with Gasteiger partial charge in [-0.3, -0.25) is 9.59 Å². The Labute approximate surface area is 197 Å². The van der Waals surface area contributed by atoms with Gasteiger partial charge >= 0.3 is 6.18 Å². The number of halogens is 5. The van der Waals surface area contributed by atoms with Crippen molar-refractivity contribution in [3.63, 3.8) is 0 Å². The van der Waals surface area contributed by atoms with Gasteiger partial charge in [-0.05, 0) is 54.1 Å². The predicted octanol–water partition coefficient (Wildman–Crippen LogP) is 3.03. The molecule has 2 amide bonds. The zero-order chi connectivity index (χ0) is 25.6. The molecule has 35 heavy (non-hydrogen) atoms. The normalized spacial score (nSPS) is 17.1. The fourth-order valence-corrected chi connectivity index (χ4v) is 3.37. The van der Waals surface area contributed by atoms with Gasteiger partial charge in [-0.25, -0.2) is 8.78 Å². The van der Waals surface area contributed by atoms with Crippen LogP contribution < -0.4 is 21.7 Å². The standard InChI is InChI=1S/C23H23F5N4O3/c24-16-1-3-18(4-2-16)31-19(9-20(29)32-22(34)15-8-21(33)30-10-15)14-5-13(6-17(25)7-14)11-35-12-23(26,27)28/h1-7,9,15,20,31H,8,10-12,29H2,(H,30,33)(H,32,34)/b19-9-/t15-,20?/m0/s1. The van der Waals surface area contributed by atoms with E-state index in [1.807, 2.05) is 0 Å². The van der Waals surface area contributed by atoms with Crippen molar-refractivity contribution >= 4 is 23.2 Å². The lowest BCUT2D eigenvalue weighted by atomic mass is 10.1. The van der Waals surface area contributed by atoms with E-state index in [0.29, 0.717) is 5.69 Å². The predicted molar refractivity (Wildman–Crippen MR) is 117 cm³/mol. The molecule has 1 aliphatic rings. The number of carbonyl (C=O) groups excluding carboxylic acids is 2. The average Bonchev–Trinajstić information content (AvgIpc) is 3.20. The third-order valence-electron chi connectivity index (χ3n) is 4.93. The Balaban J connectivity index is 1.84. The SMILES string of the molecule is NC(/C=C(\Nc1ccc(F)cc1)c1cc(F)cc(COCC(F)(F)F)c1)NC(=O)[C@@H]1CNC(=O)C1. The molecular formula is C23H23F5N4O3. The van der Waals surface area contributed by atoms with E-state index < -0.39 is 49.0 Å². The molecule has 0 radical (unpaired) electrons. The van der Waals surface area contributed by atoms with Crippen LogP contribution in [0.1, 0.15) is 17.5 Å². The Morgan fingerprint density at radius 3 is 2.51 bits per heavy atom. The second-order valence-electron chi connectivity index (χ2n) is 7.91. The number of rotatable bonds is 9. The van der Waals surface area contributed by atoms with Crippen LogP contribution in [0.25, 0.3) is 5.70 Å². The molecule has 0 aromatic heterocycles. The average molecular weight is 498 g/mol. The summed E-state index contributed by atoms with van der Waals surface area (Å²) in [6.07, 6.45) is -4.22. The zero-order valence-corrected chi connectivity index (χ0v) is 18.3. The van der Waals surface area contributed by atoms with E-state index in [0.717, 1.165) is 12.1 Å². The molecule has 0 aliphatic carbocycles. The largest absolute Gasteiger partial charge is 0.411 e. The molecule has 1 unspecified atom stereocenters. The Morgan fingerprint density at radius 2 is 1.89 bits per heavy atom. The molecule has 1 saturated heterocycles. The van der Waals surface area contributed by atoms with Gasteiger partial charge in [-0.2, -0.15) is 13.2 Å². The number of nitrogens with one attached hydrogen (secondary N) is 3. The van der Waals surface area contributed by atoms with Gasteiger partial charge in [0.1, 0.15) is 18.2 Å². The highest BCUT2D eigenvalue weighted by Crippen LogP contribution is 2.23. The Bertz CT molecular complexity index is 1090. The van der Waals surface area contributed by atoms with E-state index in [2.05, 4.69) is 20.7 Å². The highest BCUT2D eigenvalue weighted by molar-refractivity contribution is 5.89. The van der Waals surface area contributed by atoms with Crippen molar-refractivity contribution in [3.8, 4) is 0 Å². The molecule has 5 N–H and O–H groups in total. The van der Waals surface area contributed by atoms with E-state index in [1.54, 1.807) is 0 Å². The van der Waals surface area contributed by atoms with Crippen LogP contribution in [0, 0.1) is 17.6 Å². The number of nitrogens with two attached hydrogens (primary N) is 1. The summed E-state index contributed by atoms with van der Waals surface area (Å²) < 4.78 is 69.4. The highest BCUT2D eigenvalue weighted by atomic mass is 19.4. The minimum Gasteiger partial charge on any atom is -0.367 e. The molecule has 0 bridgehead atoms. The van der Waals surface area contributed by atoms with Crippen LogP contribution in [0.3, 0.4) is 0 Å². The lowest BCUT2D eigenvalue weighted by molar-refractivity contribution is -0.176. The van der Waals surface area contributed by atoms with E-state index in [-0.39, 0.29) is 35.7 Å². The van der Waals surface area contributed by atoms with Gasteiger partial charge < -0.3 is 26.4 Å². The number of carbonyl (C=O) groups is 2. The molecule has 1 fully saturated rings. The topological polar surface area (TPSA) is 105 Å². The molecule has 1 heterocycles. The minimum absolute atomic E-state index is 0.0220. The molecule has 0 spiro atoms. The van der Waals surface area contributed by atoms with Crippen molar-refractivity contribution in [1.29, 1.82) is 0 Å². The maximum atomic E-state index is 14.3. The van der Waals surface area contributed by atoms with Crippen LogP contribution in [-0.4, -0.2) is 37.3 Å². The van der Waals surface area contributed by atoms with Gasteiger partial charge in [0, 0.05) is 29.9 Å². The smallest absolute Gasteiger partial charge is 0.367 e. The maximum absolute atomic E-state index is 14.3. The number of alkyl halides is 3. The molecule has 1 aliphatic heterocycles. The quantitative estimate of drug-likeness (QED) is 0.314. The van der Waals surface area contributed by atoms with Crippen LogP contribution in [0.5, 0.6) is 0 Å². The summed E-state index contributed by atoms with van der Waals surface area (Å²) in [5.41, 5.74) is 6.96. The van der Waals surface area contributed by atoms with Gasteiger partial charge in [-0.15, -0.1) is 0 Å². The molecule has 12 heteroatoms. The fraction of sp³-hybridized carbons (Fsp3) is 0.304. The second kappa shape index (κ2) is 11.3. The summed E-state index contributed by atoms with van der Waals surface area (Å²) in [6, 6.07) is 8.74. The number of anilines is 1. The second-order valence-corrected chi connectivity index (χ2v) is 7.91. The summed E-state index contributed by atoms with van der Waals surface area (Å²) in [4.78, 5) is 23.7. The molecule has 188 valence electrons. The number of ether oxygens (including phenoxy) is 1. The summed E-state index contributed by atoms with van der Waals surface area (Å²) in [5.74, 6) is -2.55. The lowest BCUT2D eigenvalue weighted by Crippen LogP contribution is -2.43. The summed E-state index contributed by atoms with van der Waals surface area (Å²) in [5, 5.41) is 8.03. The Hall–Kier alpha value is -3.51. The van der Waals surface area contributed by atoms with E-state index in [4.69, 9.17) is 5.73 Å². The molecule has 7 nitrogen and oxygen atoms in total. The van der Waals surface area contributed by atoms with Crippen molar-refractivity contribution in [1.82, 2.24) is 10.6 Å². The lowest BCUT2D eigenvalue weighted by Gasteiger charge is -2.18. The molecule has 2 aromatic rings. The number of hydrogen-bond acceptors (Lipinski definition) is 5. The monoisotopic (exact) mass is 498 g/mol. The summed E-state index contributed by atoms with van der Waals surface area (Å²) >= 11 is 0. The van der Waals surface area contributed by atoms with Crippen LogP contribution in [-0.2, 0) is 20.9 Å². The van der Waals surface area contributed by atoms with Gasteiger partial charge in [0.05, 0.1) is 18.7 Å². The zero-order valence-electron chi connectivity index (χ0n) is 18.3. The molecule has 0 saturated carbocycles. The van der Waals surface area contributed by atoms with Crippen LogP contribution in [0.2, 0.25) is 0 Å². The maximum Gasteiger partial charge on any atom is 0.411 e. The van der Waals surface area contributed by atoms with Crippen molar-refractivity contribution in [2.45, 2.75) is 25.4 Å². The highest BCUT2D eigenvalue weighted by Gasteiger charge is 2.29. The first-order valence-corrected chi connectivity index (χ1v) is 10.5. The van der Waals surface area contributed by atoms with Gasteiger partial charge in [0.15, 0.2) is 0 Å². The fourth-order valence-electron chi connectivity index (χ4n) is 3.37. The van der Waals surface area contributed by atoms with E-state index >= 15 is 0 Å². The summed E-state index contributed by atoms with van der Waals surface area (Å²) in [6.45, 7) is -1.82. The third-order valence-corrected chi connectivity index (χ3v) is 4.93. The first-order valence-electron chi connectivity index (χ1n) is 10.5. The van der Waals surface area contributed by atoms with E-state index in [1.165, 1.54) is 36.4 Å². The number of benzene rings is 2. The van der Waals surface area contributed by atoms with Gasteiger partial charge in [0.25, 0.3) is 0 Å². The van der Waals surface area contributed by atoms with Crippen molar-refractivity contribution < 1.29 is 36.3 Å². The van der Waals surface area contributed by atoms with Gasteiger partial charge in [0.2, 0.25) is 11.8 Å². The number of amides is 2. The molecular weight excluding hydrogens is 475 g/mol. The third kappa shape index (κ3) is 8.34. The van der Waals surface area contributed by atoms with E-state index in [9.17, 15) is 31.5 Å². The molecule has 2 aromatic carbocycles. The number of hydrogen-bond donors (Lipinski definition) is 4. The van der Waals surface area contributed by atoms with Crippen LogP contribution in [0.15, 0.2) is 48.5 Å². The summed E-state index contributed by atoms with van der Waals surface area (Å²) in [7, 11) is 0. The van der Waals surface area contributed by atoms with Crippen molar-refractivity contribution in [3.05, 3.63) is 71.3 Å². The van der Waals surface area contributed by atoms with Crippen molar-refractivity contribution in [2.24, 2.45) is 11.7 Å². The van der Waals surface area contributed by atoms with Crippen molar-refractivity contribution in [2.75, 3.05) is 18.5 Å². The Kier molecular flexibility index (Phi) is 8.41. The first-order chi connectivity index (χ1) is 16.5. The Morgan fingerprint density at radius 1 is 1.17 bits per heavy atom. The molecule has 2 atom stereocenters. The van der Waals surface area contributed by atoms with Gasteiger partial charge in [-0.1, -0.05) is 0 Å². The first kappa shape index (κ1) is 26.1. The van der Waals surface area contributed by atoms with Crippen LogP contribution >= 0.6 is 0 Å². The van der Waals surface area contributed by atoms with Crippen LogP contribution in [0.4, 0.5) is 27.6 Å². The minimum atomic E-state index is -4.53.